The lowest BCUT2D eigenvalue weighted by atomic mass is 10.1. The molecule has 1 N–H and O–H groups in total. The molecular weight excluding hydrogens is 336 g/mol. The van der Waals surface area contributed by atoms with Crippen molar-refractivity contribution in [1.82, 2.24) is 10.2 Å². The van der Waals surface area contributed by atoms with Gasteiger partial charge in [-0.1, -0.05) is 35.9 Å². The van der Waals surface area contributed by atoms with Crippen LogP contribution < -0.4 is 14.8 Å². The molecule has 0 unspecified atom stereocenters. The van der Waals surface area contributed by atoms with E-state index < -0.39 is 0 Å². The van der Waals surface area contributed by atoms with E-state index in [0.29, 0.717) is 13.2 Å². The Morgan fingerprint density at radius 1 is 1.04 bits per heavy atom. The zero-order chi connectivity index (χ0) is 18.1. The lowest BCUT2D eigenvalue weighted by Crippen LogP contribution is -2.26. The van der Waals surface area contributed by atoms with Gasteiger partial charge in [0, 0.05) is 30.2 Å². The van der Waals surface area contributed by atoms with Crippen LogP contribution in [0, 0.1) is 0 Å². The number of ether oxygens (including phenoxy) is 2. The zero-order valence-electron chi connectivity index (χ0n) is 15.2. The molecule has 0 fully saturated rings. The molecule has 4 nitrogen and oxygen atoms in total. The lowest BCUT2D eigenvalue weighted by Gasteiger charge is -2.17. The molecule has 2 rings (SSSR count). The van der Waals surface area contributed by atoms with Crippen LogP contribution in [0.1, 0.15) is 18.1 Å². The van der Waals surface area contributed by atoms with Gasteiger partial charge in [0.15, 0.2) is 11.5 Å². The maximum Gasteiger partial charge on any atom is 0.166 e. The predicted molar refractivity (Wildman–Crippen MR) is 104 cm³/mol. The Hall–Kier alpha value is -1.75. The summed E-state index contributed by atoms with van der Waals surface area (Å²) in [6.07, 6.45) is 0. The van der Waals surface area contributed by atoms with E-state index in [1.807, 2.05) is 43.3 Å². The molecule has 0 amide bonds. The van der Waals surface area contributed by atoms with Gasteiger partial charge >= 0.3 is 0 Å². The fourth-order valence-electron chi connectivity index (χ4n) is 2.40. The first-order valence-electron chi connectivity index (χ1n) is 8.57. The fraction of sp³-hybridized carbons (Fsp3) is 0.400. The van der Waals surface area contributed by atoms with Crippen LogP contribution in [0.15, 0.2) is 42.5 Å². The van der Waals surface area contributed by atoms with Gasteiger partial charge in [0.1, 0.15) is 6.61 Å². The summed E-state index contributed by atoms with van der Waals surface area (Å²) in [4.78, 5) is 2.15. The van der Waals surface area contributed by atoms with Gasteiger partial charge in [-0.15, -0.1) is 0 Å². The highest BCUT2D eigenvalue weighted by molar-refractivity contribution is 6.30. The molecule has 0 aliphatic rings. The molecule has 2 aromatic rings. The van der Waals surface area contributed by atoms with Gasteiger partial charge in [0.2, 0.25) is 0 Å². The van der Waals surface area contributed by atoms with Gasteiger partial charge in [-0.3, -0.25) is 0 Å². The Balaban J connectivity index is 2.07. The topological polar surface area (TPSA) is 33.7 Å². The predicted octanol–water partition coefficient (Wildman–Crippen LogP) is 3.97. The van der Waals surface area contributed by atoms with Crippen molar-refractivity contribution >= 4 is 11.6 Å². The first-order chi connectivity index (χ1) is 12.1. The molecule has 0 radical (unpaired) electrons. The minimum atomic E-state index is 0.478. The highest BCUT2D eigenvalue weighted by atomic mass is 35.5. The van der Waals surface area contributed by atoms with Crippen molar-refractivity contribution in [2.45, 2.75) is 20.1 Å². The number of nitrogens with one attached hydrogen (secondary N) is 1. The second kappa shape index (κ2) is 10.3. The number of nitrogens with zero attached hydrogens (tertiary/aromatic N) is 1. The van der Waals surface area contributed by atoms with E-state index in [4.69, 9.17) is 21.1 Å². The van der Waals surface area contributed by atoms with Gasteiger partial charge in [-0.2, -0.15) is 0 Å². The highest BCUT2D eigenvalue weighted by Gasteiger charge is 2.11. The highest BCUT2D eigenvalue weighted by Crippen LogP contribution is 2.32. The van der Waals surface area contributed by atoms with Crippen molar-refractivity contribution in [2.75, 3.05) is 33.8 Å². The third-order valence-corrected chi connectivity index (χ3v) is 3.96. The summed E-state index contributed by atoms with van der Waals surface area (Å²) >= 11 is 5.94. The van der Waals surface area contributed by atoms with E-state index in [1.54, 1.807) is 0 Å². The SMILES string of the molecule is CCOc1cccc(CNCCN(C)C)c1OCc1ccc(Cl)cc1. The summed E-state index contributed by atoms with van der Waals surface area (Å²) in [5, 5.41) is 4.18. The van der Waals surface area contributed by atoms with Gasteiger partial charge in [-0.05, 0) is 44.8 Å². The van der Waals surface area contributed by atoms with Gasteiger partial charge < -0.3 is 19.7 Å². The Morgan fingerprint density at radius 3 is 2.48 bits per heavy atom. The summed E-state index contributed by atoms with van der Waals surface area (Å²) < 4.78 is 11.9. The normalized spacial score (nSPS) is 10.9. The van der Waals surface area contributed by atoms with Crippen molar-refractivity contribution < 1.29 is 9.47 Å². The summed E-state index contributed by atoms with van der Waals surface area (Å²) in [6.45, 7) is 5.71. The van der Waals surface area contributed by atoms with Crippen LogP contribution in [0.4, 0.5) is 0 Å². The number of rotatable bonds is 10. The first kappa shape index (κ1) is 19.6. The number of hydrogen-bond donors (Lipinski definition) is 1. The Bertz CT molecular complexity index is 645. The molecular formula is C20H27ClN2O2. The van der Waals surface area contributed by atoms with Crippen molar-refractivity contribution in [3.05, 3.63) is 58.6 Å². The van der Waals surface area contributed by atoms with Gasteiger partial charge in [0.05, 0.1) is 6.61 Å². The standard InChI is InChI=1S/C20H27ClN2O2/c1-4-24-19-7-5-6-17(14-22-12-13-23(2)3)20(19)25-15-16-8-10-18(21)11-9-16/h5-11,22H,4,12-15H2,1-3H3. The number of likely N-dealkylation sites (N-methyl/N-ethyl adjacent to an activating group) is 1. The van der Waals surface area contributed by atoms with E-state index in [0.717, 1.165) is 47.3 Å². The molecule has 136 valence electrons. The average molecular weight is 363 g/mol. The molecule has 0 saturated carbocycles. The molecule has 0 aliphatic carbocycles. The van der Waals surface area contributed by atoms with Crippen LogP contribution in [-0.4, -0.2) is 38.7 Å². The molecule has 0 aromatic heterocycles. The summed E-state index contributed by atoms with van der Waals surface area (Å²) in [6, 6.07) is 13.7. The molecule has 0 heterocycles. The van der Waals surface area contributed by atoms with Crippen LogP contribution >= 0.6 is 11.6 Å². The maximum atomic E-state index is 6.11. The maximum absolute atomic E-state index is 6.11. The Kier molecular flexibility index (Phi) is 8.06. The minimum absolute atomic E-state index is 0.478. The monoisotopic (exact) mass is 362 g/mol. The van der Waals surface area contributed by atoms with Crippen LogP contribution in [0.2, 0.25) is 5.02 Å². The number of benzene rings is 2. The van der Waals surface area contributed by atoms with Crippen molar-refractivity contribution in [1.29, 1.82) is 0 Å². The van der Waals surface area contributed by atoms with E-state index >= 15 is 0 Å². The van der Waals surface area contributed by atoms with Gasteiger partial charge in [-0.25, -0.2) is 0 Å². The molecule has 0 saturated heterocycles. The Morgan fingerprint density at radius 2 is 1.80 bits per heavy atom. The zero-order valence-corrected chi connectivity index (χ0v) is 16.0. The Labute approximate surface area is 155 Å². The van der Waals surface area contributed by atoms with E-state index in [1.165, 1.54) is 0 Å². The lowest BCUT2D eigenvalue weighted by molar-refractivity contribution is 0.266. The summed E-state index contributed by atoms with van der Waals surface area (Å²) in [5.41, 5.74) is 2.17. The number of para-hydroxylation sites is 1. The van der Waals surface area contributed by atoms with Crippen LogP contribution in [-0.2, 0) is 13.2 Å². The molecule has 0 bridgehead atoms. The smallest absolute Gasteiger partial charge is 0.166 e. The fourth-order valence-corrected chi connectivity index (χ4v) is 2.52. The second-order valence-electron chi connectivity index (χ2n) is 6.07. The van der Waals surface area contributed by atoms with Crippen molar-refractivity contribution in [2.24, 2.45) is 0 Å². The van der Waals surface area contributed by atoms with Gasteiger partial charge in [0.25, 0.3) is 0 Å². The third kappa shape index (κ3) is 6.58. The van der Waals surface area contributed by atoms with E-state index in [9.17, 15) is 0 Å². The largest absolute Gasteiger partial charge is 0.490 e. The van der Waals surface area contributed by atoms with E-state index in [2.05, 4.69) is 30.4 Å². The molecule has 25 heavy (non-hydrogen) atoms. The van der Waals surface area contributed by atoms with Crippen LogP contribution in [0.25, 0.3) is 0 Å². The second-order valence-corrected chi connectivity index (χ2v) is 6.51. The van der Waals surface area contributed by atoms with Crippen LogP contribution in [0.5, 0.6) is 11.5 Å². The summed E-state index contributed by atoms with van der Waals surface area (Å²) in [7, 11) is 4.14. The van der Waals surface area contributed by atoms with Crippen LogP contribution in [0.3, 0.4) is 0 Å². The number of hydrogen-bond acceptors (Lipinski definition) is 4. The van der Waals surface area contributed by atoms with E-state index in [-0.39, 0.29) is 0 Å². The van der Waals surface area contributed by atoms with Crippen molar-refractivity contribution in [3.8, 4) is 11.5 Å². The molecule has 5 heteroatoms. The molecule has 0 atom stereocenters. The molecule has 0 spiro atoms. The number of halogens is 1. The average Bonchev–Trinajstić information content (AvgIpc) is 2.59. The summed E-state index contributed by atoms with van der Waals surface area (Å²) in [5.74, 6) is 1.58. The minimum Gasteiger partial charge on any atom is -0.490 e. The third-order valence-electron chi connectivity index (χ3n) is 3.71. The quantitative estimate of drug-likeness (QED) is 0.648. The first-order valence-corrected chi connectivity index (χ1v) is 8.95. The van der Waals surface area contributed by atoms with Crippen molar-refractivity contribution in [3.63, 3.8) is 0 Å². The molecule has 0 aliphatic heterocycles. The molecule has 2 aromatic carbocycles.